The highest BCUT2D eigenvalue weighted by Crippen LogP contribution is 2.19. The third-order valence-electron chi connectivity index (χ3n) is 2.54. The molecule has 18 heavy (non-hydrogen) atoms. The van der Waals surface area contributed by atoms with Gasteiger partial charge in [-0.05, 0) is 19.1 Å². The summed E-state index contributed by atoms with van der Waals surface area (Å²) in [6.45, 7) is 3.22. The first kappa shape index (κ1) is 12.6. The molecule has 94 valence electrons. The Morgan fingerprint density at radius 3 is 2.89 bits per heavy atom. The summed E-state index contributed by atoms with van der Waals surface area (Å²) < 4.78 is 0. The van der Waals surface area contributed by atoms with Crippen LogP contribution in [-0.4, -0.2) is 21.5 Å². The van der Waals surface area contributed by atoms with Crippen molar-refractivity contribution < 1.29 is 0 Å². The zero-order valence-corrected chi connectivity index (χ0v) is 10.7. The fraction of sp³-hybridized carbons (Fsp3) is 0.250. The second-order valence-corrected chi connectivity index (χ2v) is 4.08. The number of anilines is 1. The molecule has 2 aromatic rings. The molecule has 0 aliphatic rings. The van der Waals surface area contributed by atoms with Crippen LogP contribution in [0.4, 0.5) is 5.82 Å². The van der Waals surface area contributed by atoms with Gasteiger partial charge < -0.3 is 9.88 Å². The highest BCUT2D eigenvalue weighted by atomic mass is 35.5. The minimum absolute atomic E-state index is 0.107. The normalized spacial score (nSPS) is 10.3. The first-order valence-corrected chi connectivity index (χ1v) is 5.98. The summed E-state index contributed by atoms with van der Waals surface area (Å²) in [4.78, 5) is 24.2. The fourth-order valence-corrected chi connectivity index (χ4v) is 1.84. The molecular formula is C12H13ClN4O. The Bertz CT molecular complexity index is 570. The van der Waals surface area contributed by atoms with Crippen LogP contribution in [0.5, 0.6) is 0 Å². The molecule has 0 aliphatic carbocycles. The second kappa shape index (κ2) is 5.64. The number of pyridine rings is 1. The van der Waals surface area contributed by atoms with E-state index in [1.165, 1.54) is 6.33 Å². The molecule has 0 aliphatic heterocycles. The van der Waals surface area contributed by atoms with Gasteiger partial charge in [-0.25, -0.2) is 4.98 Å². The first-order chi connectivity index (χ1) is 8.72. The van der Waals surface area contributed by atoms with Crippen LogP contribution in [-0.2, 0) is 6.54 Å². The molecule has 0 unspecified atom stereocenters. The summed E-state index contributed by atoms with van der Waals surface area (Å²) in [7, 11) is 0. The summed E-state index contributed by atoms with van der Waals surface area (Å²) in [5.74, 6) is 0.480. The highest BCUT2D eigenvalue weighted by molar-refractivity contribution is 6.32. The number of aromatic amines is 1. The number of hydrogen-bond acceptors (Lipinski definition) is 4. The van der Waals surface area contributed by atoms with Gasteiger partial charge >= 0.3 is 0 Å². The van der Waals surface area contributed by atoms with Crippen molar-refractivity contribution in [2.45, 2.75) is 13.5 Å². The molecule has 0 saturated carbocycles. The average molecular weight is 265 g/mol. The molecule has 0 saturated heterocycles. The Balaban J connectivity index is 2.29. The Labute approximate surface area is 109 Å². The van der Waals surface area contributed by atoms with E-state index in [1.54, 1.807) is 6.20 Å². The predicted octanol–water partition coefficient (Wildman–Crippen LogP) is 1.84. The van der Waals surface area contributed by atoms with Crippen LogP contribution in [0.15, 0.2) is 35.5 Å². The Hall–Kier alpha value is -1.88. The van der Waals surface area contributed by atoms with E-state index in [4.69, 9.17) is 11.6 Å². The Morgan fingerprint density at radius 1 is 1.39 bits per heavy atom. The van der Waals surface area contributed by atoms with Crippen molar-refractivity contribution in [2.75, 3.05) is 11.4 Å². The van der Waals surface area contributed by atoms with Gasteiger partial charge in [0, 0.05) is 12.7 Å². The van der Waals surface area contributed by atoms with Crippen LogP contribution in [0.2, 0.25) is 5.02 Å². The second-order valence-electron chi connectivity index (χ2n) is 3.70. The molecule has 6 heteroatoms. The molecule has 0 amide bonds. The highest BCUT2D eigenvalue weighted by Gasteiger charge is 2.13. The van der Waals surface area contributed by atoms with Crippen molar-refractivity contribution in [3.8, 4) is 0 Å². The number of halogens is 1. The summed E-state index contributed by atoms with van der Waals surface area (Å²) in [5, 5.41) is 0.107. The van der Waals surface area contributed by atoms with Crippen molar-refractivity contribution in [1.29, 1.82) is 0 Å². The molecule has 0 radical (unpaired) electrons. The molecule has 0 aromatic carbocycles. The quantitative estimate of drug-likeness (QED) is 0.915. The van der Waals surface area contributed by atoms with Crippen molar-refractivity contribution in [3.05, 3.63) is 51.8 Å². The van der Waals surface area contributed by atoms with Crippen molar-refractivity contribution in [2.24, 2.45) is 0 Å². The van der Waals surface area contributed by atoms with Crippen LogP contribution in [0, 0.1) is 0 Å². The monoisotopic (exact) mass is 264 g/mol. The van der Waals surface area contributed by atoms with E-state index in [2.05, 4.69) is 15.0 Å². The van der Waals surface area contributed by atoms with Crippen molar-refractivity contribution >= 4 is 17.4 Å². The van der Waals surface area contributed by atoms with Gasteiger partial charge in [-0.2, -0.15) is 0 Å². The van der Waals surface area contributed by atoms with E-state index in [0.717, 1.165) is 5.69 Å². The number of aromatic nitrogens is 3. The maximum atomic E-state index is 11.4. The summed E-state index contributed by atoms with van der Waals surface area (Å²) in [6, 6.07) is 5.70. The standard InChI is InChI=1S/C12H13ClN4O/c1-2-17(7-9-5-3-4-6-14-9)11-10(13)12(18)16-8-15-11/h3-6,8H,2,7H2,1H3,(H,15,16,18). The average Bonchev–Trinajstić information content (AvgIpc) is 2.41. The van der Waals surface area contributed by atoms with Crippen LogP contribution in [0.25, 0.3) is 0 Å². The lowest BCUT2D eigenvalue weighted by atomic mass is 10.3. The van der Waals surface area contributed by atoms with E-state index in [-0.39, 0.29) is 10.6 Å². The van der Waals surface area contributed by atoms with Gasteiger partial charge in [-0.15, -0.1) is 0 Å². The van der Waals surface area contributed by atoms with Gasteiger partial charge in [0.1, 0.15) is 5.02 Å². The maximum Gasteiger partial charge on any atom is 0.271 e. The lowest BCUT2D eigenvalue weighted by Crippen LogP contribution is -2.26. The molecule has 0 atom stereocenters. The van der Waals surface area contributed by atoms with E-state index < -0.39 is 0 Å². The van der Waals surface area contributed by atoms with Crippen LogP contribution in [0.3, 0.4) is 0 Å². The maximum absolute atomic E-state index is 11.4. The summed E-state index contributed by atoms with van der Waals surface area (Å²) in [5.41, 5.74) is 0.568. The SMILES string of the molecule is CCN(Cc1ccccn1)c1nc[nH]c(=O)c1Cl. The van der Waals surface area contributed by atoms with Gasteiger partial charge in [0.2, 0.25) is 0 Å². The number of rotatable bonds is 4. The minimum Gasteiger partial charge on any atom is -0.350 e. The van der Waals surface area contributed by atoms with Crippen LogP contribution < -0.4 is 10.5 Å². The largest absolute Gasteiger partial charge is 0.350 e. The summed E-state index contributed by atoms with van der Waals surface area (Å²) >= 11 is 5.96. The van der Waals surface area contributed by atoms with Gasteiger partial charge in [-0.1, -0.05) is 17.7 Å². The predicted molar refractivity (Wildman–Crippen MR) is 70.8 cm³/mol. The Morgan fingerprint density at radius 2 is 2.22 bits per heavy atom. The van der Waals surface area contributed by atoms with Gasteiger partial charge in [0.15, 0.2) is 5.82 Å². The molecule has 2 heterocycles. The van der Waals surface area contributed by atoms with E-state index >= 15 is 0 Å². The molecule has 2 rings (SSSR count). The lowest BCUT2D eigenvalue weighted by molar-refractivity contribution is 0.789. The minimum atomic E-state index is -0.332. The number of hydrogen-bond donors (Lipinski definition) is 1. The topological polar surface area (TPSA) is 61.9 Å². The molecule has 1 N–H and O–H groups in total. The van der Waals surface area contributed by atoms with E-state index in [0.29, 0.717) is 18.9 Å². The number of nitrogens with zero attached hydrogens (tertiary/aromatic N) is 3. The van der Waals surface area contributed by atoms with Crippen LogP contribution >= 0.6 is 11.6 Å². The number of nitrogens with one attached hydrogen (secondary N) is 1. The zero-order valence-electron chi connectivity index (χ0n) is 9.93. The molecule has 0 fully saturated rings. The summed E-state index contributed by atoms with van der Waals surface area (Å²) in [6.07, 6.45) is 3.08. The lowest BCUT2D eigenvalue weighted by Gasteiger charge is -2.21. The third-order valence-corrected chi connectivity index (χ3v) is 2.88. The molecule has 2 aromatic heterocycles. The van der Waals surface area contributed by atoms with Gasteiger partial charge in [0.05, 0.1) is 18.6 Å². The Kier molecular flexibility index (Phi) is 3.94. The smallest absolute Gasteiger partial charge is 0.271 e. The van der Waals surface area contributed by atoms with E-state index in [9.17, 15) is 4.79 Å². The van der Waals surface area contributed by atoms with Crippen molar-refractivity contribution in [1.82, 2.24) is 15.0 Å². The third kappa shape index (κ3) is 2.68. The van der Waals surface area contributed by atoms with Gasteiger partial charge in [0.25, 0.3) is 5.56 Å². The van der Waals surface area contributed by atoms with Gasteiger partial charge in [-0.3, -0.25) is 9.78 Å². The molecule has 5 nitrogen and oxygen atoms in total. The van der Waals surface area contributed by atoms with Crippen molar-refractivity contribution in [3.63, 3.8) is 0 Å². The van der Waals surface area contributed by atoms with E-state index in [1.807, 2.05) is 30.0 Å². The molecule has 0 spiro atoms. The first-order valence-electron chi connectivity index (χ1n) is 5.60. The zero-order chi connectivity index (χ0) is 13.0. The van der Waals surface area contributed by atoms with Crippen LogP contribution in [0.1, 0.15) is 12.6 Å². The molecule has 0 bridgehead atoms. The number of H-pyrrole nitrogens is 1. The molecular weight excluding hydrogens is 252 g/mol. The fourth-order valence-electron chi connectivity index (χ4n) is 1.62.